The molecule has 1 aromatic rings. The number of fused-ring (bicyclic) bond motifs is 1. The van der Waals surface area contributed by atoms with Gasteiger partial charge in [0.2, 0.25) is 0 Å². The van der Waals surface area contributed by atoms with Gasteiger partial charge in [-0.15, -0.1) is 0 Å². The van der Waals surface area contributed by atoms with E-state index in [0.29, 0.717) is 6.04 Å². The SMILES string of the molecule is CCNC(Cc1cc(F)ccc1Br)C1C2CCCCC21. The van der Waals surface area contributed by atoms with E-state index in [1.807, 2.05) is 6.07 Å². The van der Waals surface area contributed by atoms with Crippen LogP contribution in [0.3, 0.4) is 0 Å². The zero-order chi connectivity index (χ0) is 14.1. The van der Waals surface area contributed by atoms with Gasteiger partial charge in [0.25, 0.3) is 0 Å². The van der Waals surface area contributed by atoms with Crippen LogP contribution in [0.2, 0.25) is 0 Å². The number of likely N-dealkylation sites (N-methyl/N-ethyl adjacent to an activating group) is 1. The van der Waals surface area contributed by atoms with E-state index < -0.39 is 0 Å². The fourth-order valence-electron chi connectivity index (χ4n) is 4.19. The van der Waals surface area contributed by atoms with Gasteiger partial charge in [-0.25, -0.2) is 4.39 Å². The summed E-state index contributed by atoms with van der Waals surface area (Å²) >= 11 is 3.56. The molecule has 3 heteroatoms. The average molecular weight is 340 g/mol. The second-order valence-corrected chi connectivity index (χ2v) is 7.15. The van der Waals surface area contributed by atoms with E-state index in [9.17, 15) is 4.39 Å². The number of rotatable bonds is 5. The minimum absolute atomic E-state index is 0.133. The smallest absolute Gasteiger partial charge is 0.123 e. The van der Waals surface area contributed by atoms with E-state index in [2.05, 4.69) is 28.2 Å². The molecule has 1 aromatic carbocycles. The molecule has 2 aliphatic rings. The van der Waals surface area contributed by atoms with Crippen molar-refractivity contribution < 1.29 is 4.39 Å². The molecule has 0 spiro atoms. The van der Waals surface area contributed by atoms with Crippen molar-refractivity contribution in [1.29, 1.82) is 0 Å². The highest BCUT2D eigenvalue weighted by molar-refractivity contribution is 9.10. The maximum atomic E-state index is 13.5. The van der Waals surface area contributed by atoms with Crippen LogP contribution in [0.5, 0.6) is 0 Å². The zero-order valence-electron chi connectivity index (χ0n) is 12.0. The molecule has 0 heterocycles. The quantitative estimate of drug-likeness (QED) is 0.829. The van der Waals surface area contributed by atoms with Gasteiger partial charge in [0.05, 0.1) is 0 Å². The molecule has 20 heavy (non-hydrogen) atoms. The van der Waals surface area contributed by atoms with Crippen LogP contribution >= 0.6 is 15.9 Å². The van der Waals surface area contributed by atoms with Crippen LogP contribution < -0.4 is 5.32 Å². The standard InChI is InChI=1S/C17H23BrFN/c1-2-20-16(17-13-5-3-4-6-14(13)17)10-11-9-12(19)7-8-15(11)18/h7-9,13-14,16-17,20H,2-6,10H2,1H3. The molecular weight excluding hydrogens is 317 g/mol. The van der Waals surface area contributed by atoms with Crippen molar-refractivity contribution in [3.63, 3.8) is 0 Å². The highest BCUT2D eigenvalue weighted by Gasteiger charge is 2.53. The predicted molar refractivity (Wildman–Crippen MR) is 84.2 cm³/mol. The Morgan fingerprint density at radius 1 is 1.30 bits per heavy atom. The number of halogens is 2. The van der Waals surface area contributed by atoms with E-state index in [-0.39, 0.29) is 5.82 Å². The topological polar surface area (TPSA) is 12.0 Å². The largest absolute Gasteiger partial charge is 0.314 e. The summed E-state index contributed by atoms with van der Waals surface area (Å²) in [7, 11) is 0. The molecule has 2 fully saturated rings. The van der Waals surface area contributed by atoms with Crippen molar-refractivity contribution in [2.24, 2.45) is 17.8 Å². The monoisotopic (exact) mass is 339 g/mol. The zero-order valence-corrected chi connectivity index (χ0v) is 13.6. The Labute approximate surface area is 129 Å². The van der Waals surface area contributed by atoms with Gasteiger partial charge in [-0.3, -0.25) is 0 Å². The molecule has 3 atom stereocenters. The van der Waals surface area contributed by atoms with E-state index in [1.54, 1.807) is 6.07 Å². The summed E-state index contributed by atoms with van der Waals surface area (Å²) in [5.41, 5.74) is 1.10. The molecule has 0 aromatic heterocycles. The summed E-state index contributed by atoms with van der Waals surface area (Å²) in [6.45, 7) is 3.16. The Morgan fingerprint density at radius 2 is 2.00 bits per heavy atom. The van der Waals surface area contributed by atoms with Crippen LogP contribution in [0.15, 0.2) is 22.7 Å². The van der Waals surface area contributed by atoms with Crippen molar-refractivity contribution >= 4 is 15.9 Å². The fraction of sp³-hybridized carbons (Fsp3) is 0.647. The van der Waals surface area contributed by atoms with Gasteiger partial charge < -0.3 is 5.32 Å². The molecule has 2 aliphatic carbocycles. The maximum absolute atomic E-state index is 13.5. The second-order valence-electron chi connectivity index (χ2n) is 6.29. The molecule has 3 rings (SSSR count). The molecular formula is C17H23BrFN. The van der Waals surface area contributed by atoms with Gasteiger partial charge in [0.15, 0.2) is 0 Å². The van der Waals surface area contributed by atoms with Crippen molar-refractivity contribution in [3.05, 3.63) is 34.1 Å². The van der Waals surface area contributed by atoms with Gasteiger partial charge in [-0.2, -0.15) is 0 Å². The number of nitrogens with one attached hydrogen (secondary N) is 1. The van der Waals surface area contributed by atoms with Gasteiger partial charge in [0, 0.05) is 10.5 Å². The summed E-state index contributed by atoms with van der Waals surface area (Å²) in [5.74, 6) is 2.54. The first-order valence-corrected chi connectivity index (χ1v) is 8.67. The normalized spacial score (nSPS) is 29.9. The Morgan fingerprint density at radius 3 is 2.65 bits per heavy atom. The maximum Gasteiger partial charge on any atom is 0.123 e. The van der Waals surface area contributed by atoms with Gasteiger partial charge in [-0.05, 0) is 67.3 Å². The first-order valence-electron chi connectivity index (χ1n) is 7.88. The molecule has 1 N–H and O–H groups in total. The lowest BCUT2D eigenvalue weighted by molar-refractivity contribution is 0.436. The van der Waals surface area contributed by atoms with Gasteiger partial charge in [0.1, 0.15) is 5.82 Å². The Hall–Kier alpha value is -0.410. The lowest BCUT2D eigenvalue weighted by Crippen LogP contribution is -2.34. The summed E-state index contributed by atoms with van der Waals surface area (Å²) in [6.07, 6.45) is 6.55. The molecule has 3 unspecified atom stereocenters. The third kappa shape index (κ3) is 2.94. The second kappa shape index (κ2) is 6.15. The molecule has 0 saturated heterocycles. The first kappa shape index (κ1) is 14.5. The molecule has 110 valence electrons. The first-order chi connectivity index (χ1) is 9.70. The van der Waals surface area contributed by atoms with Crippen molar-refractivity contribution in [1.82, 2.24) is 5.32 Å². The molecule has 0 radical (unpaired) electrons. The highest BCUT2D eigenvalue weighted by atomic mass is 79.9. The average Bonchev–Trinajstić information content (AvgIpc) is 3.16. The molecule has 1 nitrogen and oxygen atoms in total. The third-order valence-corrected chi connectivity index (χ3v) is 5.87. The lowest BCUT2D eigenvalue weighted by Gasteiger charge is -2.19. The van der Waals surface area contributed by atoms with E-state index in [0.717, 1.165) is 40.8 Å². The van der Waals surface area contributed by atoms with Crippen molar-refractivity contribution in [3.8, 4) is 0 Å². The fourth-order valence-corrected chi connectivity index (χ4v) is 4.60. The Balaban J connectivity index is 1.73. The van der Waals surface area contributed by atoms with Crippen molar-refractivity contribution in [2.45, 2.75) is 45.1 Å². The van der Waals surface area contributed by atoms with Crippen LogP contribution in [0.25, 0.3) is 0 Å². The van der Waals surface area contributed by atoms with Crippen LogP contribution in [0.1, 0.15) is 38.2 Å². The number of hydrogen-bond donors (Lipinski definition) is 1. The molecule has 0 aliphatic heterocycles. The van der Waals surface area contributed by atoms with E-state index in [4.69, 9.17) is 0 Å². The lowest BCUT2D eigenvalue weighted by atomic mass is 9.99. The predicted octanol–water partition coefficient (Wildman–Crippen LogP) is 4.55. The summed E-state index contributed by atoms with van der Waals surface area (Å²) in [5, 5.41) is 3.65. The molecule has 0 bridgehead atoms. The minimum atomic E-state index is -0.133. The number of benzene rings is 1. The van der Waals surface area contributed by atoms with Crippen LogP contribution in [0, 0.1) is 23.6 Å². The third-order valence-electron chi connectivity index (χ3n) is 5.10. The van der Waals surface area contributed by atoms with Gasteiger partial charge in [-0.1, -0.05) is 35.7 Å². The summed E-state index contributed by atoms with van der Waals surface area (Å²) < 4.78 is 14.5. The van der Waals surface area contributed by atoms with Gasteiger partial charge >= 0.3 is 0 Å². The van der Waals surface area contributed by atoms with Crippen LogP contribution in [-0.4, -0.2) is 12.6 Å². The van der Waals surface area contributed by atoms with E-state index >= 15 is 0 Å². The summed E-state index contributed by atoms with van der Waals surface area (Å²) in [6, 6.07) is 5.53. The Kier molecular flexibility index (Phi) is 4.46. The summed E-state index contributed by atoms with van der Waals surface area (Å²) in [4.78, 5) is 0. The Bertz CT molecular complexity index is 464. The molecule has 2 saturated carbocycles. The minimum Gasteiger partial charge on any atom is -0.314 e. The van der Waals surface area contributed by atoms with E-state index in [1.165, 1.54) is 31.7 Å². The number of hydrogen-bond acceptors (Lipinski definition) is 1. The van der Waals surface area contributed by atoms with Crippen molar-refractivity contribution in [2.75, 3.05) is 6.54 Å². The highest BCUT2D eigenvalue weighted by Crippen LogP contribution is 2.57. The van der Waals surface area contributed by atoms with Crippen LogP contribution in [-0.2, 0) is 6.42 Å². The molecule has 0 amide bonds. The van der Waals surface area contributed by atoms with Crippen LogP contribution in [0.4, 0.5) is 4.39 Å².